The first kappa shape index (κ1) is 16.5. The van der Waals surface area contributed by atoms with Crippen LogP contribution in [-0.2, 0) is 0 Å². The van der Waals surface area contributed by atoms with Gasteiger partial charge in [-0.25, -0.2) is 0 Å². The van der Waals surface area contributed by atoms with E-state index in [1.54, 1.807) is 0 Å². The van der Waals surface area contributed by atoms with Crippen LogP contribution in [0.1, 0.15) is 52.4 Å². The quantitative estimate of drug-likeness (QED) is 0.655. The summed E-state index contributed by atoms with van der Waals surface area (Å²) in [5.41, 5.74) is 0.470. The Bertz CT molecular complexity index is 217. The number of aliphatic hydroxyl groups excluding tert-OH is 1. The molecular weight excluding hydrogens is 290 g/mol. The van der Waals surface area contributed by atoms with Gasteiger partial charge in [0.1, 0.15) is 0 Å². The van der Waals surface area contributed by atoms with Crippen molar-refractivity contribution in [2.45, 2.75) is 52.4 Å². The van der Waals surface area contributed by atoms with Crippen LogP contribution in [0.2, 0.25) is 0 Å². The van der Waals surface area contributed by atoms with E-state index >= 15 is 0 Å². The summed E-state index contributed by atoms with van der Waals surface area (Å²) in [4.78, 5) is 2.63. The van der Waals surface area contributed by atoms with Crippen molar-refractivity contribution in [2.75, 3.05) is 31.6 Å². The molecule has 108 valence electrons. The van der Waals surface area contributed by atoms with Crippen LogP contribution >= 0.6 is 15.9 Å². The maximum Gasteiger partial charge on any atom is 0.0434 e. The Labute approximate surface area is 121 Å². The maximum atomic E-state index is 9.03. The predicted molar refractivity (Wildman–Crippen MR) is 82.3 cm³/mol. The number of likely N-dealkylation sites (tertiary alicyclic amines) is 1. The van der Waals surface area contributed by atoms with Gasteiger partial charge in [-0.2, -0.15) is 0 Å². The molecular formula is C15H30BrNO. The summed E-state index contributed by atoms with van der Waals surface area (Å²) >= 11 is 3.76. The van der Waals surface area contributed by atoms with Crippen molar-refractivity contribution < 1.29 is 5.11 Å². The van der Waals surface area contributed by atoms with Crippen LogP contribution < -0.4 is 0 Å². The number of rotatable bonds is 9. The standard InChI is InChI=1S/C15H30BrNO/c1-3-7-15(12-16,8-4-2)13-17-9-5-14(11-17)6-10-18/h14,18H,3-13H2,1-2H3. The molecule has 1 heterocycles. The van der Waals surface area contributed by atoms with Gasteiger partial charge < -0.3 is 10.0 Å². The molecule has 0 aromatic rings. The summed E-state index contributed by atoms with van der Waals surface area (Å²) in [6.45, 7) is 8.61. The van der Waals surface area contributed by atoms with Crippen molar-refractivity contribution in [1.82, 2.24) is 4.90 Å². The second kappa shape index (κ2) is 8.55. The Balaban J connectivity index is 2.50. The van der Waals surface area contributed by atoms with Crippen LogP contribution in [0.5, 0.6) is 0 Å². The first-order valence-corrected chi connectivity index (χ1v) is 8.71. The first-order valence-electron chi connectivity index (χ1n) is 7.59. The van der Waals surface area contributed by atoms with Gasteiger partial charge in [-0.1, -0.05) is 42.6 Å². The third-order valence-corrected chi connectivity index (χ3v) is 5.50. The largest absolute Gasteiger partial charge is 0.396 e. The topological polar surface area (TPSA) is 23.5 Å². The molecule has 1 aliphatic heterocycles. The number of hydrogen-bond acceptors (Lipinski definition) is 2. The highest BCUT2D eigenvalue weighted by atomic mass is 79.9. The second-order valence-corrected chi connectivity index (χ2v) is 6.60. The van der Waals surface area contributed by atoms with Crippen molar-refractivity contribution in [3.63, 3.8) is 0 Å². The number of nitrogens with zero attached hydrogens (tertiary/aromatic N) is 1. The predicted octanol–water partition coefficient (Wildman–Crippen LogP) is 3.67. The van der Waals surface area contributed by atoms with Crippen molar-refractivity contribution in [1.29, 1.82) is 0 Å². The minimum absolute atomic E-state index is 0.353. The normalized spacial score (nSPS) is 21.7. The molecule has 0 bridgehead atoms. The van der Waals surface area contributed by atoms with E-state index in [-0.39, 0.29) is 0 Å². The fraction of sp³-hybridized carbons (Fsp3) is 1.00. The molecule has 0 spiro atoms. The van der Waals surface area contributed by atoms with Crippen molar-refractivity contribution in [2.24, 2.45) is 11.3 Å². The van der Waals surface area contributed by atoms with Gasteiger partial charge in [-0.3, -0.25) is 0 Å². The van der Waals surface area contributed by atoms with Gasteiger partial charge in [-0.15, -0.1) is 0 Å². The monoisotopic (exact) mass is 319 g/mol. The number of alkyl halides is 1. The molecule has 0 amide bonds. The Morgan fingerprint density at radius 3 is 2.44 bits per heavy atom. The lowest BCUT2D eigenvalue weighted by molar-refractivity contribution is 0.163. The zero-order chi connectivity index (χ0) is 13.4. The van der Waals surface area contributed by atoms with E-state index in [1.807, 2.05) is 0 Å². The molecule has 0 aromatic carbocycles. The Hall–Kier alpha value is 0.400. The maximum absolute atomic E-state index is 9.03. The van der Waals surface area contributed by atoms with Crippen LogP contribution in [0.25, 0.3) is 0 Å². The smallest absolute Gasteiger partial charge is 0.0434 e. The summed E-state index contributed by atoms with van der Waals surface area (Å²) in [5, 5.41) is 10.2. The molecule has 1 N–H and O–H groups in total. The lowest BCUT2D eigenvalue weighted by Gasteiger charge is -2.36. The van der Waals surface area contributed by atoms with E-state index in [0.717, 1.165) is 17.7 Å². The molecule has 1 saturated heterocycles. The average Bonchev–Trinajstić information content (AvgIpc) is 2.77. The second-order valence-electron chi connectivity index (χ2n) is 6.04. The lowest BCUT2D eigenvalue weighted by atomic mass is 9.81. The fourth-order valence-electron chi connectivity index (χ4n) is 3.47. The van der Waals surface area contributed by atoms with Crippen molar-refractivity contribution >= 4 is 15.9 Å². The lowest BCUT2D eigenvalue weighted by Crippen LogP contribution is -2.38. The highest BCUT2D eigenvalue weighted by molar-refractivity contribution is 9.09. The molecule has 3 heteroatoms. The minimum Gasteiger partial charge on any atom is -0.396 e. The van der Waals surface area contributed by atoms with Gasteiger partial charge in [0.05, 0.1) is 0 Å². The third-order valence-electron chi connectivity index (χ3n) is 4.31. The Morgan fingerprint density at radius 2 is 1.94 bits per heavy atom. The molecule has 1 fully saturated rings. The Morgan fingerprint density at radius 1 is 1.28 bits per heavy atom. The minimum atomic E-state index is 0.353. The number of aliphatic hydroxyl groups is 1. The van der Waals surface area contributed by atoms with Gasteiger partial charge in [-0.05, 0) is 43.6 Å². The summed E-state index contributed by atoms with van der Waals surface area (Å²) in [5.74, 6) is 0.728. The molecule has 1 atom stereocenters. The summed E-state index contributed by atoms with van der Waals surface area (Å²) in [6, 6.07) is 0. The summed E-state index contributed by atoms with van der Waals surface area (Å²) < 4.78 is 0. The molecule has 1 rings (SSSR count). The zero-order valence-corrected chi connectivity index (χ0v) is 13.7. The molecule has 2 nitrogen and oxygen atoms in total. The van der Waals surface area contributed by atoms with Crippen LogP contribution in [0.3, 0.4) is 0 Å². The van der Waals surface area contributed by atoms with Gasteiger partial charge in [0.2, 0.25) is 0 Å². The molecule has 0 aromatic heterocycles. The van der Waals surface area contributed by atoms with Crippen LogP contribution in [0.15, 0.2) is 0 Å². The third kappa shape index (κ3) is 4.82. The van der Waals surface area contributed by atoms with E-state index in [0.29, 0.717) is 12.0 Å². The molecule has 1 unspecified atom stereocenters. The zero-order valence-electron chi connectivity index (χ0n) is 12.1. The van der Waals surface area contributed by atoms with Crippen LogP contribution in [0.4, 0.5) is 0 Å². The van der Waals surface area contributed by atoms with Gasteiger partial charge in [0.15, 0.2) is 0 Å². The first-order chi connectivity index (χ1) is 8.69. The van der Waals surface area contributed by atoms with Crippen LogP contribution in [0, 0.1) is 11.3 Å². The van der Waals surface area contributed by atoms with E-state index in [2.05, 4.69) is 34.7 Å². The van der Waals surface area contributed by atoms with Gasteiger partial charge >= 0.3 is 0 Å². The van der Waals surface area contributed by atoms with E-state index in [9.17, 15) is 0 Å². The summed E-state index contributed by atoms with van der Waals surface area (Å²) in [7, 11) is 0. The van der Waals surface area contributed by atoms with Gasteiger partial charge in [0, 0.05) is 25.0 Å². The molecule has 0 saturated carbocycles. The highest BCUT2D eigenvalue weighted by Crippen LogP contribution is 2.35. The number of halogens is 1. The van der Waals surface area contributed by atoms with E-state index < -0.39 is 0 Å². The van der Waals surface area contributed by atoms with Gasteiger partial charge in [0.25, 0.3) is 0 Å². The molecule has 1 aliphatic rings. The van der Waals surface area contributed by atoms with Crippen molar-refractivity contribution in [3.8, 4) is 0 Å². The van der Waals surface area contributed by atoms with Crippen LogP contribution in [-0.4, -0.2) is 41.6 Å². The highest BCUT2D eigenvalue weighted by Gasteiger charge is 2.32. The number of hydrogen-bond donors (Lipinski definition) is 1. The fourth-order valence-corrected chi connectivity index (χ4v) is 4.21. The molecule has 18 heavy (non-hydrogen) atoms. The SMILES string of the molecule is CCCC(CBr)(CCC)CN1CCC(CCO)C1. The van der Waals surface area contributed by atoms with Crippen molar-refractivity contribution in [3.05, 3.63) is 0 Å². The summed E-state index contributed by atoms with van der Waals surface area (Å²) in [6.07, 6.45) is 7.47. The molecule has 0 radical (unpaired) electrons. The average molecular weight is 320 g/mol. The Kier molecular flexibility index (Phi) is 7.81. The van der Waals surface area contributed by atoms with E-state index in [1.165, 1.54) is 51.7 Å². The molecule has 0 aliphatic carbocycles. The van der Waals surface area contributed by atoms with E-state index in [4.69, 9.17) is 5.11 Å².